The average Bonchev–Trinajstić information content (AvgIpc) is 3.16. The smallest absolute Gasteiger partial charge is 0.243 e. The van der Waals surface area contributed by atoms with Crippen LogP contribution in [0, 0.1) is 6.92 Å². The van der Waals surface area contributed by atoms with Gasteiger partial charge in [0.1, 0.15) is 0 Å². The van der Waals surface area contributed by atoms with E-state index in [1.54, 1.807) is 16.4 Å². The number of aryl methyl sites for hydroxylation is 1. The summed E-state index contributed by atoms with van der Waals surface area (Å²) in [6.07, 6.45) is 2.65. The first kappa shape index (κ1) is 19.3. The van der Waals surface area contributed by atoms with Gasteiger partial charge in [0.2, 0.25) is 10.0 Å². The van der Waals surface area contributed by atoms with Crippen molar-refractivity contribution in [3.8, 4) is 0 Å². The number of ether oxygens (including phenoxy) is 2. The van der Waals surface area contributed by atoms with Gasteiger partial charge in [-0.1, -0.05) is 54.1 Å². The second kappa shape index (κ2) is 7.44. The number of rotatable bonds is 4. The molecule has 2 aliphatic rings. The van der Waals surface area contributed by atoms with Crippen molar-refractivity contribution in [2.45, 2.75) is 37.0 Å². The largest absolute Gasteiger partial charge is 0.344 e. The molecule has 0 bridgehead atoms. The molecule has 1 fully saturated rings. The van der Waals surface area contributed by atoms with Crippen molar-refractivity contribution in [2.24, 2.45) is 0 Å². The summed E-state index contributed by atoms with van der Waals surface area (Å²) in [5, 5.41) is 0. The topological polar surface area (TPSA) is 55.8 Å². The van der Waals surface area contributed by atoms with Gasteiger partial charge in [-0.25, -0.2) is 8.42 Å². The Balaban J connectivity index is 1.75. The van der Waals surface area contributed by atoms with Crippen molar-refractivity contribution in [3.05, 3.63) is 77.4 Å². The zero-order chi connectivity index (χ0) is 19.8. The van der Waals surface area contributed by atoms with Gasteiger partial charge < -0.3 is 9.47 Å². The fourth-order valence-electron chi connectivity index (χ4n) is 3.82. The molecule has 148 valence electrons. The molecule has 2 aromatic carbocycles. The molecule has 5 nitrogen and oxygen atoms in total. The van der Waals surface area contributed by atoms with Gasteiger partial charge in [0.15, 0.2) is 5.79 Å². The standard InChI is InChI=1S/C22H25NO4S/c1-17-8-11-20(12-9-17)28(24,25)23-16-19(22(2)26-14-15-27-22)10-13-21(23)18-6-4-3-5-7-18/h3-12,21H,13-16H2,1-2H3. The number of nitrogens with zero attached hydrogens (tertiary/aromatic N) is 1. The predicted octanol–water partition coefficient (Wildman–Crippen LogP) is 3.82. The molecular formula is C22H25NO4S. The lowest BCUT2D eigenvalue weighted by Crippen LogP contribution is -2.44. The molecule has 0 radical (unpaired) electrons. The lowest BCUT2D eigenvalue weighted by atomic mass is 9.95. The Kier molecular flexibility index (Phi) is 5.14. The second-order valence-electron chi connectivity index (χ2n) is 7.40. The zero-order valence-electron chi connectivity index (χ0n) is 16.2. The van der Waals surface area contributed by atoms with E-state index in [-0.39, 0.29) is 12.6 Å². The maximum absolute atomic E-state index is 13.6. The van der Waals surface area contributed by atoms with Gasteiger partial charge in [0.05, 0.1) is 24.2 Å². The lowest BCUT2D eigenvalue weighted by molar-refractivity contribution is -0.113. The van der Waals surface area contributed by atoms with Gasteiger partial charge in [0, 0.05) is 6.54 Å². The molecule has 2 heterocycles. The fourth-order valence-corrected chi connectivity index (χ4v) is 5.42. The maximum Gasteiger partial charge on any atom is 0.243 e. The summed E-state index contributed by atoms with van der Waals surface area (Å²) in [5.41, 5.74) is 2.86. The summed E-state index contributed by atoms with van der Waals surface area (Å²) < 4.78 is 40.3. The molecule has 0 aliphatic carbocycles. The van der Waals surface area contributed by atoms with Gasteiger partial charge in [-0.3, -0.25) is 0 Å². The van der Waals surface area contributed by atoms with Crippen LogP contribution in [0.3, 0.4) is 0 Å². The van der Waals surface area contributed by atoms with Crippen molar-refractivity contribution < 1.29 is 17.9 Å². The summed E-state index contributed by atoms with van der Waals surface area (Å²) in [5.74, 6) is -0.858. The molecule has 1 saturated heterocycles. The first-order chi connectivity index (χ1) is 13.4. The van der Waals surface area contributed by atoms with Gasteiger partial charge in [-0.05, 0) is 43.5 Å². The van der Waals surface area contributed by atoms with Crippen molar-refractivity contribution in [1.29, 1.82) is 0 Å². The molecule has 0 aromatic heterocycles. The molecule has 1 atom stereocenters. The minimum Gasteiger partial charge on any atom is -0.344 e. The summed E-state index contributed by atoms with van der Waals surface area (Å²) in [6, 6.07) is 16.5. The van der Waals surface area contributed by atoms with Crippen LogP contribution in [0.2, 0.25) is 0 Å². The van der Waals surface area contributed by atoms with E-state index in [2.05, 4.69) is 6.08 Å². The molecule has 2 aromatic rings. The third-order valence-electron chi connectivity index (χ3n) is 5.49. The molecule has 6 heteroatoms. The summed E-state index contributed by atoms with van der Waals surface area (Å²) in [6.45, 7) is 5.08. The predicted molar refractivity (Wildman–Crippen MR) is 107 cm³/mol. The summed E-state index contributed by atoms with van der Waals surface area (Å²) >= 11 is 0. The maximum atomic E-state index is 13.6. The number of benzene rings is 2. The highest BCUT2D eigenvalue weighted by Gasteiger charge is 2.42. The Morgan fingerprint density at radius 1 is 1.00 bits per heavy atom. The SMILES string of the molecule is Cc1ccc(S(=O)(=O)N2CC(C3(C)OCCO3)=CCC2c2ccccc2)cc1. The van der Waals surface area contributed by atoms with Gasteiger partial charge >= 0.3 is 0 Å². The molecule has 0 amide bonds. The van der Waals surface area contributed by atoms with Crippen LogP contribution < -0.4 is 0 Å². The van der Waals surface area contributed by atoms with Crippen molar-refractivity contribution in [2.75, 3.05) is 19.8 Å². The third-order valence-corrected chi connectivity index (χ3v) is 7.36. The highest BCUT2D eigenvalue weighted by Crippen LogP contribution is 2.39. The Morgan fingerprint density at radius 2 is 1.64 bits per heavy atom. The molecule has 0 spiro atoms. The van der Waals surface area contributed by atoms with Gasteiger partial charge in [-0.15, -0.1) is 0 Å². The van der Waals surface area contributed by atoms with E-state index in [1.807, 2.05) is 56.3 Å². The molecular weight excluding hydrogens is 374 g/mol. The molecule has 0 N–H and O–H groups in total. The Labute approximate surface area is 166 Å². The molecule has 1 unspecified atom stereocenters. The first-order valence-corrected chi connectivity index (χ1v) is 10.9. The van der Waals surface area contributed by atoms with Crippen LogP contribution in [0.15, 0.2) is 71.1 Å². The lowest BCUT2D eigenvalue weighted by Gasteiger charge is -2.38. The second-order valence-corrected chi connectivity index (χ2v) is 9.29. The van der Waals surface area contributed by atoms with Crippen molar-refractivity contribution >= 4 is 10.0 Å². The van der Waals surface area contributed by atoms with Crippen molar-refractivity contribution in [1.82, 2.24) is 4.31 Å². The number of hydrogen-bond donors (Lipinski definition) is 0. The Morgan fingerprint density at radius 3 is 2.29 bits per heavy atom. The highest BCUT2D eigenvalue weighted by atomic mass is 32.2. The van der Waals surface area contributed by atoms with Crippen LogP contribution in [0.25, 0.3) is 0 Å². The monoisotopic (exact) mass is 399 g/mol. The Bertz CT molecular complexity index is 961. The minimum atomic E-state index is -3.68. The van der Waals surface area contributed by atoms with Crippen LogP contribution in [-0.4, -0.2) is 38.3 Å². The highest BCUT2D eigenvalue weighted by molar-refractivity contribution is 7.89. The molecule has 2 aliphatic heterocycles. The summed E-state index contributed by atoms with van der Waals surface area (Å²) in [4.78, 5) is 0.304. The average molecular weight is 400 g/mol. The van der Waals surface area contributed by atoms with Crippen LogP contribution in [-0.2, 0) is 19.5 Å². The minimum absolute atomic E-state index is 0.242. The number of hydrogen-bond acceptors (Lipinski definition) is 4. The van der Waals surface area contributed by atoms with E-state index in [0.717, 1.165) is 16.7 Å². The van der Waals surface area contributed by atoms with E-state index in [0.29, 0.717) is 24.5 Å². The zero-order valence-corrected chi connectivity index (χ0v) is 17.0. The summed E-state index contributed by atoms with van der Waals surface area (Å²) in [7, 11) is -3.68. The van der Waals surface area contributed by atoms with Crippen LogP contribution in [0.5, 0.6) is 0 Å². The molecule has 4 rings (SSSR count). The number of sulfonamides is 1. The Hall–Kier alpha value is -1.99. The van der Waals surface area contributed by atoms with Gasteiger partial charge in [0.25, 0.3) is 0 Å². The van der Waals surface area contributed by atoms with Crippen LogP contribution >= 0.6 is 0 Å². The fraction of sp³-hybridized carbons (Fsp3) is 0.364. The van der Waals surface area contributed by atoms with E-state index in [1.165, 1.54) is 0 Å². The van der Waals surface area contributed by atoms with E-state index in [9.17, 15) is 8.42 Å². The van der Waals surface area contributed by atoms with E-state index in [4.69, 9.17) is 9.47 Å². The van der Waals surface area contributed by atoms with Crippen molar-refractivity contribution in [3.63, 3.8) is 0 Å². The normalized spacial score (nSPS) is 22.8. The van der Waals surface area contributed by atoms with E-state index >= 15 is 0 Å². The van der Waals surface area contributed by atoms with Crippen LogP contribution in [0.1, 0.15) is 30.5 Å². The third kappa shape index (κ3) is 3.53. The van der Waals surface area contributed by atoms with Gasteiger partial charge in [-0.2, -0.15) is 4.31 Å². The quantitative estimate of drug-likeness (QED) is 0.734. The van der Waals surface area contributed by atoms with E-state index < -0.39 is 15.8 Å². The first-order valence-electron chi connectivity index (χ1n) is 9.51. The molecule has 28 heavy (non-hydrogen) atoms. The van der Waals surface area contributed by atoms with Crippen LogP contribution in [0.4, 0.5) is 0 Å². The molecule has 0 saturated carbocycles.